The molecule has 4 nitrogen and oxygen atoms in total. The first-order valence-electron chi connectivity index (χ1n) is 3.28. The molecule has 0 heterocycles. The maximum atomic E-state index is 10.5. The largest absolute Gasteiger partial charge is 0.516 e. The van der Waals surface area contributed by atoms with Crippen LogP contribution in [0.4, 0.5) is 0 Å². The molecule has 0 aliphatic carbocycles. The Labute approximate surface area is 65.5 Å². The Morgan fingerprint density at radius 2 is 2.18 bits per heavy atom. The fourth-order valence-electron chi connectivity index (χ4n) is 0.442. The fourth-order valence-corrected chi connectivity index (χ4v) is 0.442. The number of nitrogens with one attached hydrogen (secondary N) is 1. The quantitative estimate of drug-likeness (QED) is 0.523. The van der Waals surface area contributed by atoms with Gasteiger partial charge in [-0.1, -0.05) is 0 Å². The standard InChI is InChI=1S/C7H13NO3/c1-7(2,6(10)11)8-4-3-5-9/h3,5,8-9H,4H2,1-2H3,(H,10,11). The van der Waals surface area contributed by atoms with Gasteiger partial charge >= 0.3 is 5.97 Å². The fraction of sp³-hybridized carbons (Fsp3) is 0.571. The van der Waals surface area contributed by atoms with Crippen molar-refractivity contribution in [1.82, 2.24) is 5.32 Å². The van der Waals surface area contributed by atoms with Crippen LogP contribution in [-0.4, -0.2) is 28.3 Å². The van der Waals surface area contributed by atoms with E-state index in [-0.39, 0.29) is 0 Å². The Morgan fingerprint density at radius 3 is 2.55 bits per heavy atom. The second-order valence-corrected chi connectivity index (χ2v) is 2.70. The highest BCUT2D eigenvalue weighted by Crippen LogP contribution is 2.00. The van der Waals surface area contributed by atoms with E-state index in [9.17, 15) is 4.79 Å². The summed E-state index contributed by atoms with van der Waals surface area (Å²) in [6.45, 7) is 3.46. The van der Waals surface area contributed by atoms with E-state index in [0.717, 1.165) is 6.26 Å². The van der Waals surface area contributed by atoms with Gasteiger partial charge in [-0.15, -0.1) is 0 Å². The molecular formula is C7H13NO3. The molecule has 0 rings (SSSR count). The van der Waals surface area contributed by atoms with Gasteiger partial charge in [0, 0.05) is 6.54 Å². The number of aliphatic hydroxyl groups is 1. The zero-order valence-electron chi connectivity index (χ0n) is 6.66. The topological polar surface area (TPSA) is 69.6 Å². The summed E-state index contributed by atoms with van der Waals surface area (Å²) in [5, 5.41) is 19.5. The number of hydrogen-bond acceptors (Lipinski definition) is 3. The van der Waals surface area contributed by atoms with E-state index in [1.807, 2.05) is 0 Å². The molecule has 0 amide bonds. The molecule has 0 aliphatic heterocycles. The van der Waals surface area contributed by atoms with Crippen LogP contribution in [0.15, 0.2) is 12.3 Å². The van der Waals surface area contributed by atoms with Crippen LogP contribution < -0.4 is 5.32 Å². The summed E-state index contributed by atoms with van der Waals surface area (Å²) in [7, 11) is 0. The van der Waals surface area contributed by atoms with Gasteiger partial charge in [0.25, 0.3) is 0 Å². The monoisotopic (exact) mass is 159 g/mol. The molecule has 0 fully saturated rings. The molecule has 0 spiro atoms. The van der Waals surface area contributed by atoms with E-state index in [0.29, 0.717) is 6.54 Å². The number of carboxylic acid groups (broad SMARTS) is 1. The Balaban J connectivity index is 3.82. The number of carboxylic acids is 1. The minimum absolute atomic E-state index is 0.343. The van der Waals surface area contributed by atoms with E-state index in [1.165, 1.54) is 6.08 Å². The van der Waals surface area contributed by atoms with Gasteiger partial charge in [-0.3, -0.25) is 10.1 Å². The summed E-state index contributed by atoms with van der Waals surface area (Å²) >= 11 is 0. The Morgan fingerprint density at radius 1 is 1.64 bits per heavy atom. The molecule has 0 unspecified atom stereocenters. The zero-order valence-corrected chi connectivity index (χ0v) is 6.66. The van der Waals surface area contributed by atoms with Crippen LogP contribution >= 0.6 is 0 Å². The summed E-state index contributed by atoms with van der Waals surface area (Å²) in [4.78, 5) is 10.5. The van der Waals surface area contributed by atoms with Crippen molar-refractivity contribution < 1.29 is 15.0 Å². The van der Waals surface area contributed by atoms with Crippen molar-refractivity contribution in [3.05, 3.63) is 12.3 Å². The molecule has 0 bridgehead atoms. The highest BCUT2D eigenvalue weighted by atomic mass is 16.4. The summed E-state index contributed by atoms with van der Waals surface area (Å²) in [5.74, 6) is -0.913. The molecule has 0 atom stereocenters. The molecule has 4 heteroatoms. The van der Waals surface area contributed by atoms with E-state index in [2.05, 4.69) is 5.32 Å². The third-order valence-corrected chi connectivity index (χ3v) is 1.30. The second kappa shape index (κ2) is 3.98. The van der Waals surface area contributed by atoms with E-state index < -0.39 is 11.5 Å². The minimum atomic E-state index is -0.945. The van der Waals surface area contributed by atoms with Gasteiger partial charge in [0.15, 0.2) is 0 Å². The molecule has 3 N–H and O–H groups in total. The molecule has 0 saturated heterocycles. The van der Waals surface area contributed by atoms with E-state index in [4.69, 9.17) is 10.2 Å². The van der Waals surface area contributed by atoms with Crippen LogP contribution in [0.2, 0.25) is 0 Å². The molecule has 0 saturated carbocycles. The SMILES string of the molecule is CC(C)(NCC=CO)C(=O)O. The number of hydrogen-bond donors (Lipinski definition) is 3. The molecule has 0 aromatic heterocycles. The third kappa shape index (κ3) is 3.62. The minimum Gasteiger partial charge on any atom is -0.516 e. The molecule has 0 radical (unpaired) electrons. The lowest BCUT2D eigenvalue weighted by Gasteiger charge is -2.19. The van der Waals surface area contributed by atoms with E-state index >= 15 is 0 Å². The number of aliphatic hydroxyl groups excluding tert-OH is 1. The van der Waals surface area contributed by atoms with Gasteiger partial charge < -0.3 is 10.2 Å². The molecule has 0 aromatic carbocycles. The number of aliphatic carboxylic acids is 1. The molecular weight excluding hydrogens is 146 g/mol. The lowest BCUT2D eigenvalue weighted by Crippen LogP contribution is -2.46. The maximum Gasteiger partial charge on any atom is 0.323 e. The van der Waals surface area contributed by atoms with Crippen LogP contribution in [0.25, 0.3) is 0 Å². The normalized spacial score (nSPS) is 12.2. The van der Waals surface area contributed by atoms with Crippen molar-refractivity contribution in [2.75, 3.05) is 6.54 Å². The number of carbonyl (C=O) groups is 1. The summed E-state index contributed by atoms with van der Waals surface area (Å²) in [6, 6.07) is 0. The van der Waals surface area contributed by atoms with Gasteiger partial charge in [0.05, 0.1) is 6.26 Å². The maximum absolute atomic E-state index is 10.5. The predicted octanol–water partition coefficient (Wildman–Crippen LogP) is 0.511. The molecule has 11 heavy (non-hydrogen) atoms. The van der Waals surface area contributed by atoms with Crippen molar-refractivity contribution in [3.8, 4) is 0 Å². The van der Waals surface area contributed by atoms with Crippen molar-refractivity contribution >= 4 is 5.97 Å². The van der Waals surface area contributed by atoms with Crippen molar-refractivity contribution in [1.29, 1.82) is 0 Å². The lowest BCUT2D eigenvalue weighted by molar-refractivity contribution is -0.143. The average Bonchev–Trinajstić information content (AvgIpc) is 1.88. The van der Waals surface area contributed by atoms with Crippen LogP contribution in [-0.2, 0) is 4.79 Å². The summed E-state index contributed by atoms with van der Waals surface area (Å²) in [5.41, 5.74) is -0.945. The van der Waals surface area contributed by atoms with Crippen LogP contribution in [0, 0.1) is 0 Å². The van der Waals surface area contributed by atoms with Crippen molar-refractivity contribution in [2.24, 2.45) is 0 Å². The second-order valence-electron chi connectivity index (χ2n) is 2.70. The smallest absolute Gasteiger partial charge is 0.323 e. The lowest BCUT2D eigenvalue weighted by atomic mass is 10.1. The Hall–Kier alpha value is -1.03. The van der Waals surface area contributed by atoms with Crippen LogP contribution in [0.3, 0.4) is 0 Å². The highest BCUT2D eigenvalue weighted by Gasteiger charge is 2.24. The number of rotatable bonds is 4. The third-order valence-electron chi connectivity index (χ3n) is 1.30. The van der Waals surface area contributed by atoms with Gasteiger partial charge in [-0.05, 0) is 19.9 Å². The Bertz CT molecular complexity index is 163. The van der Waals surface area contributed by atoms with Crippen LogP contribution in [0.1, 0.15) is 13.8 Å². The highest BCUT2D eigenvalue weighted by molar-refractivity contribution is 5.77. The average molecular weight is 159 g/mol. The first-order valence-corrected chi connectivity index (χ1v) is 3.28. The zero-order chi connectivity index (χ0) is 8.91. The van der Waals surface area contributed by atoms with Gasteiger partial charge in [0.2, 0.25) is 0 Å². The van der Waals surface area contributed by atoms with Gasteiger partial charge in [-0.25, -0.2) is 0 Å². The first-order chi connectivity index (χ1) is 5.00. The van der Waals surface area contributed by atoms with E-state index in [1.54, 1.807) is 13.8 Å². The Kier molecular flexibility index (Phi) is 3.60. The van der Waals surface area contributed by atoms with Crippen LogP contribution in [0.5, 0.6) is 0 Å². The predicted molar refractivity (Wildman–Crippen MR) is 41.5 cm³/mol. The first kappa shape index (κ1) is 9.97. The molecule has 0 aromatic rings. The van der Waals surface area contributed by atoms with Crippen molar-refractivity contribution in [2.45, 2.75) is 19.4 Å². The molecule has 64 valence electrons. The van der Waals surface area contributed by atoms with Crippen molar-refractivity contribution in [3.63, 3.8) is 0 Å². The van der Waals surface area contributed by atoms with Gasteiger partial charge in [-0.2, -0.15) is 0 Å². The summed E-state index contributed by atoms with van der Waals surface area (Å²) in [6.07, 6.45) is 2.32. The summed E-state index contributed by atoms with van der Waals surface area (Å²) < 4.78 is 0. The molecule has 0 aliphatic rings. The van der Waals surface area contributed by atoms with Gasteiger partial charge in [0.1, 0.15) is 5.54 Å².